The van der Waals surface area contributed by atoms with Gasteiger partial charge in [0.15, 0.2) is 5.76 Å². The fraction of sp³-hybridized carbons (Fsp3) is 0.409. The lowest BCUT2D eigenvalue weighted by atomic mass is 9.93. The number of nitrogens with zero attached hydrogens (tertiary/aromatic N) is 1. The molecule has 1 heterocycles. The third-order valence-electron chi connectivity index (χ3n) is 4.95. The Balaban J connectivity index is 1.78. The molecule has 0 bridgehead atoms. The molecule has 1 aromatic carbocycles. The molecule has 0 aliphatic heterocycles. The second-order valence-electron chi connectivity index (χ2n) is 7.63. The Kier molecular flexibility index (Phi) is 6.75. The number of fused-ring (bicyclic) bond motifs is 1. The van der Waals surface area contributed by atoms with Crippen molar-refractivity contribution in [3.8, 4) is 0 Å². The number of carbonyl (C=O) groups is 2. The van der Waals surface area contributed by atoms with Gasteiger partial charge in [-0.25, -0.2) is 5.43 Å². The Morgan fingerprint density at radius 2 is 1.97 bits per heavy atom. The predicted octanol–water partition coefficient (Wildman–Crippen LogP) is 4.49. The van der Waals surface area contributed by atoms with Crippen LogP contribution in [0.15, 0.2) is 33.8 Å². The second-order valence-corrected chi connectivity index (χ2v) is 8.03. The van der Waals surface area contributed by atoms with Crippen molar-refractivity contribution in [3.05, 3.63) is 57.5 Å². The van der Waals surface area contributed by atoms with Gasteiger partial charge in [-0.1, -0.05) is 37.6 Å². The van der Waals surface area contributed by atoms with Crippen LogP contribution in [0.5, 0.6) is 0 Å². The Morgan fingerprint density at radius 3 is 2.69 bits per heavy atom. The van der Waals surface area contributed by atoms with E-state index in [-0.39, 0.29) is 11.8 Å². The molecule has 1 aromatic heterocycles. The van der Waals surface area contributed by atoms with Gasteiger partial charge in [-0.2, -0.15) is 5.10 Å². The normalized spacial score (nSPS) is 14.7. The first-order valence-corrected chi connectivity index (χ1v) is 10.3. The molecule has 0 atom stereocenters. The quantitative estimate of drug-likeness (QED) is 0.682. The van der Waals surface area contributed by atoms with Crippen LogP contribution >= 0.6 is 11.6 Å². The van der Waals surface area contributed by atoms with E-state index in [1.807, 2.05) is 6.92 Å². The molecule has 1 aliphatic carbocycles. The van der Waals surface area contributed by atoms with E-state index >= 15 is 0 Å². The lowest BCUT2D eigenvalue weighted by Crippen LogP contribution is -2.25. The zero-order valence-corrected chi connectivity index (χ0v) is 17.7. The number of furan rings is 1. The third-order valence-corrected chi connectivity index (χ3v) is 5.28. The smallest absolute Gasteiger partial charge is 0.287 e. The molecule has 0 spiro atoms. The molecular weight excluding hydrogens is 390 g/mol. The molecule has 0 unspecified atom stereocenters. The summed E-state index contributed by atoms with van der Waals surface area (Å²) in [4.78, 5) is 24.9. The molecule has 1 aliphatic rings. The van der Waals surface area contributed by atoms with E-state index in [1.165, 1.54) is 0 Å². The van der Waals surface area contributed by atoms with Crippen LogP contribution in [0.3, 0.4) is 0 Å². The summed E-state index contributed by atoms with van der Waals surface area (Å²) in [6.07, 6.45) is 3.19. The molecule has 2 N–H and O–H groups in total. The summed E-state index contributed by atoms with van der Waals surface area (Å²) >= 11 is 6.08. The fourth-order valence-corrected chi connectivity index (χ4v) is 3.60. The lowest BCUT2D eigenvalue weighted by Gasteiger charge is -2.13. The predicted molar refractivity (Wildman–Crippen MR) is 114 cm³/mol. The molecule has 154 valence electrons. The summed E-state index contributed by atoms with van der Waals surface area (Å²) in [5, 5.41) is 7.61. The molecule has 3 rings (SSSR count). The second kappa shape index (κ2) is 9.27. The van der Waals surface area contributed by atoms with Gasteiger partial charge in [0.1, 0.15) is 5.76 Å². The summed E-state index contributed by atoms with van der Waals surface area (Å²) in [5.74, 6) is 1.00. The highest BCUT2D eigenvalue weighted by molar-refractivity contribution is 6.33. The van der Waals surface area contributed by atoms with Crippen molar-refractivity contribution < 1.29 is 14.0 Å². The number of hydrazone groups is 1. The van der Waals surface area contributed by atoms with Gasteiger partial charge < -0.3 is 9.73 Å². The summed E-state index contributed by atoms with van der Waals surface area (Å²) in [7, 11) is 0. The summed E-state index contributed by atoms with van der Waals surface area (Å²) in [5.41, 5.74) is 5.25. The Morgan fingerprint density at radius 1 is 1.21 bits per heavy atom. The van der Waals surface area contributed by atoms with Gasteiger partial charge >= 0.3 is 0 Å². The maximum atomic E-state index is 12.5. The lowest BCUT2D eigenvalue weighted by molar-refractivity contribution is 0.0920. The first kappa shape index (κ1) is 21.1. The van der Waals surface area contributed by atoms with Gasteiger partial charge in [0.25, 0.3) is 11.8 Å². The van der Waals surface area contributed by atoms with Crippen molar-refractivity contribution in [1.82, 2.24) is 10.7 Å². The van der Waals surface area contributed by atoms with E-state index in [0.29, 0.717) is 40.9 Å². The van der Waals surface area contributed by atoms with Gasteiger partial charge in [0.2, 0.25) is 0 Å². The molecule has 0 saturated carbocycles. The number of carbonyl (C=O) groups excluding carboxylic acids is 2. The first-order chi connectivity index (χ1) is 13.9. The largest absolute Gasteiger partial charge is 0.455 e. The minimum atomic E-state index is -0.372. The zero-order chi connectivity index (χ0) is 21.0. The van der Waals surface area contributed by atoms with E-state index in [0.717, 1.165) is 36.1 Å². The van der Waals surface area contributed by atoms with Crippen LogP contribution in [-0.4, -0.2) is 24.1 Å². The van der Waals surface area contributed by atoms with Crippen LogP contribution < -0.4 is 10.7 Å². The maximum absolute atomic E-state index is 12.5. The van der Waals surface area contributed by atoms with Crippen LogP contribution in [0.2, 0.25) is 5.02 Å². The number of amides is 2. The summed E-state index contributed by atoms with van der Waals surface area (Å²) in [6, 6.07) is 6.82. The Hall–Kier alpha value is -2.60. The minimum Gasteiger partial charge on any atom is -0.455 e. The number of rotatable bonds is 6. The van der Waals surface area contributed by atoms with Gasteiger partial charge in [0, 0.05) is 24.1 Å². The molecular formula is C22H26ClN3O3. The number of hydrogen-bond donors (Lipinski definition) is 2. The highest BCUT2D eigenvalue weighted by atomic mass is 35.5. The number of nitrogens with one attached hydrogen (secondary N) is 2. The summed E-state index contributed by atoms with van der Waals surface area (Å²) < 4.78 is 5.87. The Bertz CT molecular complexity index is 947. The van der Waals surface area contributed by atoms with Crippen molar-refractivity contribution >= 4 is 29.1 Å². The average molecular weight is 416 g/mol. The molecule has 2 aromatic rings. The molecule has 0 saturated heterocycles. The Labute approximate surface area is 175 Å². The fourth-order valence-electron chi connectivity index (χ4n) is 3.38. The standard InChI is InChI=1S/C22H26ClN3O3/c1-13(2)11-12-24-22(28)20-14(3)19-17(9-6-10-18(19)29-20)25-26-21(27)15-7-4-5-8-16(15)23/h4-5,7-8,13H,6,9-12H2,1-3H3,(H,24,28)(H,26,27)/b25-17+. The SMILES string of the molecule is Cc1c(C(=O)NCCC(C)C)oc2c1/C(=N/NC(=O)c1ccccc1Cl)CCC2. The monoisotopic (exact) mass is 415 g/mol. The third kappa shape index (κ3) is 4.88. The van der Waals surface area contributed by atoms with E-state index in [4.69, 9.17) is 16.0 Å². The van der Waals surface area contributed by atoms with E-state index in [9.17, 15) is 9.59 Å². The van der Waals surface area contributed by atoms with Crippen LogP contribution in [0.4, 0.5) is 0 Å². The zero-order valence-electron chi connectivity index (χ0n) is 17.0. The number of benzene rings is 1. The van der Waals surface area contributed by atoms with Crippen molar-refractivity contribution in [2.75, 3.05) is 6.54 Å². The van der Waals surface area contributed by atoms with Gasteiger partial charge in [-0.3, -0.25) is 9.59 Å². The van der Waals surface area contributed by atoms with Crippen LogP contribution in [0, 0.1) is 12.8 Å². The minimum absolute atomic E-state index is 0.211. The van der Waals surface area contributed by atoms with E-state index in [2.05, 4.69) is 29.7 Å². The molecule has 29 heavy (non-hydrogen) atoms. The van der Waals surface area contributed by atoms with E-state index in [1.54, 1.807) is 24.3 Å². The molecule has 2 amide bonds. The average Bonchev–Trinajstić information content (AvgIpc) is 3.03. The van der Waals surface area contributed by atoms with Crippen molar-refractivity contribution in [2.24, 2.45) is 11.0 Å². The van der Waals surface area contributed by atoms with Gasteiger partial charge in [-0.05, 0) is 44.2 Å². The van der Waals surface area contributed by atoms with Gasteiger partial charge in [0.05, 0.1) is 16.3 Å². The van der Waals surface area contributed by atoms with Crippen molar-refractivity contribution in [2.45, 2.75) is 46.5 Å². The first-order valence-electron chi connectivity index (χ1n) is 9.90. The number of aryl methyl sites for hydroxylation is 1. The maximum Gasteiger partial charge on any atom is 0.287 e. The highest BCUT2D eigenvalue weighted by Crippen LogP contribution is 2.30. The number of hydrogen-bond acceptors (Lipinski definition) is 4. The number of halogens is 1. The molecule has 6 nitrogen and oxygen atoms in total. The van der Waals surface area contributed by atoms with Crippen LogP contribution in [0.25, 0.3) is 0 Å². The van der Waals surface area contributed by atoms with Crippen LogP contribution in [0.1, 0.15) is 70.9 Å². The van der Waals surface area contributed by atoms with Gasteiger partial charge in [-0.15, -0.1) is 0 Å². The molecule has 0 radical (unpaired) electrons. The van der Waals surface area contributed by atoms with Crippen LogP contribution in [-0.2, 0) is 6.42 Å². The molecule has 7 heteroatoms. The summed E-state index contributed by atoms with van der Waals surface area (Å²) in [6.45, 7) is 6.69. The van der Waals surface area contributed by atoms with Crippen molar-refractivity contribution in [1.29, 1.82) is 0 Å². The topological polar surface area (TPSA) is 83.7 Å². The highest BCUT2D eigenvalue weighted by Gasteiger charge is 2.28. The van der Waals surface area contributed by atoms with E-state index < -0.39 is 0 Å². The van der Waals surface area contributed by atoms with Crippen molar-refractivity contribution in [3.63, 3.8) is 0 Å². The molecule has 0 fully saturated rings.